The molecule has 0 saturated carbocycles. The van der Waals surface area contributed by atoms with Crippen molar-refractivity contribution in [1.29, 1.82) is 0 Å². The maximum absolute atomic E-state index is 12.3. The molecule has 2 unspecified atom stereocenters. The van der Waals surface area contributed by atoms with Gasteiger partial charge in [-0.2, -0.15) is 16.9 Å². The number of aliphatic hydroxyl groups excluding tert-OH is 1. The Morgan fingerprint density at radius 3 is 2.90 bits per heavy atom. The van der Waals surface area contributed by atoms with E-state index in [9.17, 15) is 9.90 Å². The van der Waals surface area contributed by atoms with E-state index in [1.807, 2.05) is 37.6 Å². The minimum atomic E-state index is -0.149. The second-order valence-corrected chi connectivity index (χ2v) is 5.80. The van der Waals surface area contributed by atoms with Gasteiger partial charge in [0.1, 0.15) is 0 Å². The zero-order valence-electron chi connectivity index (χ0n) is 12.1. The SMILES string of the molecule is CSC(CO)C(C)NC(=O)c1cccc(-n2cccn2)c1. The monoisotopic (exact) mass is 305 g/mol. The van der Waals surface area contributed by atoms with Crippen molar-refractivity contribution in [3.63, 3.8) is 0 Å². The Morgan fingerprint density at radius 1 is 1.48 bits per heavy atom. The maximum atomic E-state index is 12.3. The lowest BCUT2D eigenvalue weighted by Gasteiger charge is -2.21. The molecule has 5 nitrogen and oxygen atoms in total. The number of carbonyl (C=O) groups excluding carboxylic acids is 1. The van der Waals surface area contributed by atoms with E-state index in [1.54, 1.807) is 23.0 Å². The Labute approximate surface area is 128 Å². The minimum absolute atomic E-state index is 0.0109. The van der Waals surface area contributed by atoms with Crippen LogP contribution in [0.15, 0.2) is 42.7 Å². The van der Waals surface area contributed by atoms with Gasteiger partial charge in [0, 0.05) is 29.2 Å². The number of amides is 1. The third-order valence-electron chi connectivity index (χ3n) is 3.28. The Morgan fingerprint density at radius 2 is 2.29 bits per heavy atom. The Hall–Kier alpha value is -1.79. The lowest BCUT2D eigenvalue weighted by molar-refractivity contribution is 0.0936. The number of rotatable bonds is 6. The van der Waals surface area contributed by atoms with E-state index in [0.29, 0.717) is 5.56 Å². The van der Waals surface area contributed by atoms with Gasteiger partial charge in [-0.15, -0.1) is 0 Å². The van der Waals surface area contributed by atoms with Crippen LogP contribution in [0, 0.1) is 0 Å². The third-order valence-corrected chi connectivity index (χ3v) is 4.44. The summed E-state index contributed by atoms with van der Waals surface area (Å²) < 4.78 is 1.71. The number of nitrogens with one attached hydrogen (secondary N) is 1. The molecule has 112 valence electrons. The average Bonchev–Trinajstić information content (AvgIpc) is 3.03. The number of carbonyl (C=O) groups is 1. The van der Waals surface area contributed by atoms with Crippen LogP contribution in [0.25, 0.3) is 5.69 Å². The highest BCUT2D eigenvalue weighted by molar-refractivity contribution is 7.99. The van der Waals surface area contributed by atoms with E-state index in [-0.39, 0.29) is 23.8 Å². The fourth-order valence-electron chi connectivity index (χ4n) is 2.03. The van der Waals surface area contributed by atoms with Crippen LogP contribution in [0.2, 0.25) is 0 Å². The van der Waals surface area contributed by atoms with Gasteiger partial charge in [0.2, 0.25) is 0 Å². The molecule has 2 rings (SSSR count). The second-order valence-electron chi connectivity index (χ2n) is 4.72. The molecular formula is C15H19N3O2S. The van der Waals surface area contributed by atoms with Crippen LogP contribution in [0.5, 0.6) is 0 Å². The van der Waals surface area contributed by atoms with Gasteiger partial charge in [-0.25, -0.2) is 4.68 Å². The van der Waals surface area contributed by atoms with Gasteiger partial charge in [0.05, 0.1) is 12.3 Å². The molecular weight excluding hydrogens is 286 g/mol. The number of aliphatic hydroxyl groups is 1. The van der Waals surface area contributed by atoms with Crippen LogP contribution >= 0.6 is 11.8 Å². The highest BCUT2D eigenvalue weighted by Crippen LogP contribution is 2.13. The summed E-state index contributed by atoms with van der Waals surface area (Å²) >= 11 is 1.54. The van der Waals surface area contributed by atoms with Gasteiger partial charge >= 0.3 is 0 Å². The molecule has 6 heteroatoms. The molecule has 0 aliphatic heterocycles. The van der Waals surface area contributed by atoms with Crippen molar-refractivity contribution in [2.24, 2.45) is 0 Å². The Bertz CT molecular complexity index is 582. The van der Waals surface area contributed by atoms with Crippen LogP contribution in [0.1, 0.15) is 17.3 Å². The number of thioether (sulfide) groups is 1. The first-order valence-electron chi connectivity index (χ1n) is 6.70. The fraction of sp³-hybridized carbons (Fsp3) is 0.333. The largest absolute Gasteiger partial charge is 0.395 e. The molecule has 0 bridgehead atoms. The summed E-state index contributed by atoms with van der Waals surface area (Å²) in [6, 6.07) is 9.01. The normalized spacial score (nSPS) is 13.7. The molecule has 2 N–H and O–H groups in total. The summed E-state index contributed by atoms with van der Waals surface area (Å²) in [6.45, 7) is 1.93. The van der Waals surface area contributed by atoms with Crippen molar-refractivity contribution in [3.05, 3.63) is 48.3 Å². The van der Waals surface area contributed by atoms with Crippen molar-refractivity contribution in [2.75, 3.05) is 12.9 Å². The van der Waals surface area contributed by atoms with Gasteiger partial charge in [-0.1, -0.05) is 6.07 Å². The molecule has 0 fully saturated rings. The summed E-state index contributed by atoms with van der Waals surface area (Å²) in [5.41, 5.74) is 1.41. The predicted octanol–water partition coefficient (Wildman–Crippen LogP) is 1.71. The molecule has 0 aliphatic carbocycles. The second kappa shape index (κ2) is 7.28. The average molecular weight is 305 g/mol. The van der Waals surface area contributed by atoms with Crippen molar-refractivity contribution in [3.8, 4) is 5.69 Å². The molecule has 1 aromatic carbocycles. The van der Waals surface area contributed by atoms with E-state index in [0.717, 1.165) is 5.69 Å². The third kappa shape index (κ3) is 3.86. The first kappa shape index (κ1) is 15.6. The zero-order chi connectivity index (χ0) is 15.2. The molecule has 0 spiro atoms. The highest BCUT2D eigenvalue weighted by Gasteiger charge is 2.18. The van der Waals surface area contributed by atoms with Crippen LogP contribution < -0.4 is 5.32 Å². The number of benzene rings is 1. The topological polar surface area (TPSA) is 67.2 Å². The van der Waals surface area contributed by atoms with Crippen molar-refractivity contribution < 1.29 is 9.90 Å². The quantitative estimate of drug-likeness (QED) is 0.852. The fourth-order valence-corrected chi connectivity index (χ4v) is 2.66. The van der Waals surface area contributed by atoms with Crippen LogP contribution in [0.3, 0.4) is 0 Å². The summed E-state index contributed by atoms with van der Waals surface area (Å²) in [4.78, 5) is 12.3. The van der Waals surface area contributed by atoms with Gasteiger partial charge < -0.3 is 10.4 Å². The number of nitrogens with zero attached hydrogens (tertiary/aromatic N) is 2. The molecule has 21 heavy (non-hydrogen) atoms. The summed E-state index contributed by atoms with van der Waals surface area (Å²) in [6.07, 6.45) is 5.44. The van der Waals surface area contributed by atoms with Crippen LogP contribution in [0.4, 0.5) is 0 Å². The summed E-state index contributed by atoms with van der Waals surface area (Å²) in [5, 5.41) is 16.3. The molecule has 1 amide bonds. The van der Waals surface area contributed by atoms with Crippen molar-refractivity contribution in [2.45, 2.75) is 18.2 Å². The van der Waals surface area contributed by atoms with Crippen molar-refractivity contribution in [1.82, 2.24) is 15.1 Å². The van der Waals surface area contributed by atoms with E-state index < -0.39 is 0 Å². The Balaban J connectivity index is 2.11. The maximum Gasteiger partial charge on any atom is 0.251 e. The molecule has 1 aromatic heterocycles. The van der Waals surface area contributed by atoms with Gasteiger partial charge in [0.25, 0.3) is 5.91 Å². The molecule has 1 heterocycles. The predicted molar refractivity (Wildman–Crippen MR) is 84.9 cm³/mol. The number of aromatic nitrogens is 2. The lowest BCUT2D eigenvalue weighted by Crippen LogP contribution is -2.41. The highest BCUT2D eigenvalue weighted by atomic mass is 32.2. The van der Waals surface area contributed by atoms with Gasteiger partial charge in [0.15, 0.2) is 0 Å². The summed E-state index contributed by atoms with van der Waals surface area (Å²) in [7, 11) is 0. The summed E-state index contributed by atoms with van der Waals surface area (Å²) in [5.74, 6) is -0.149. The molecule has 0 radical (unpaired) electrons. The standard InChI is InChI=1S/C15H19N3O2S/c1-11(14(10-19)21-2)17-15(20)12-5-3-6-13(9-12)18-8-4-7-16-18/h3-9,11,14,19H,10H2,1-2H3,(H,17,20). The zero-order valence-corrected chi connectivity index (χ0v) is 12.9. The molecule has 0 aliphatic rings. The van der Waals surface area contributed by atoms with Gasteiger partial charge in [-0.05, 0) is 37.4 Å². The minimum Gasteiger partial charge on any atom is -0.395 e. The van der Waals surface area contributed by atoms with Crippen molar-refractivity contribution >= 4 is 17.7 Å². The first-order valence-corrected chi connectivity index (χ1v) is 7.99. The van der Waals surface area contributed by atoms with E-state index >= 15 is 0 Å². The molecule has 2 atom stereocenters. The lowest BCUT2D eigenvalue weighted by atomic mass is 10.1. The first-order chi connectivity index (χ1) is 10.2. The smallest absolute Gasteiger partial charge is 0.251 e. The Kier molecular flexibility index (Phi) is 5.41. The van der Waals surface area contributed by atoms with E-state index in [4.69, 9.17) is 0 Å². The number of hydrogen-bond donors (Lipinski definition) is 2. The molecule has 0 saturated heterocycles. The van der Waals surface area contributed by atoms with E-state index in [2.05, 4.69) is 10.4 Å². The van der Waals surface area contributed by atoms with Gasteiger partial charge in [-0.3, -0.25) is 4.79 Å². The van der Waals surface area contributed by atoms with Crippen LogP contribution in [-0.2, 0) is 0 Å². The number of hydrogen-bond acceptors (Lipinski definition) is 4. The molecule has 2 aromatic rings. The van der Waals surface area contributed by atoms with Crippen LogP contribution in [-0.4, -0.2) is 44.9 Å². The van der Waals surface area contributed by atoms with E-state index in [1.165, 1.54) is 11.8 Å².